The predicted molar refractivity (Wildman–Crippen MR) is 67.3 cm³/mol. The lowest BCUT2D eigenvalue weighted by molar-refractivity contribution is -0.138. The molecule has 0 aromatic heterocycles. The van der Waals surface area contributed by atoms with E-state index in [1.54, 1.807) is 11.8 Å². The van der Waals surface area contributed by atoms with Crippen LogP contribution < -0.4 is 5.32 Å². The molecule has 2 unspecified atom stereocenters. The molecule has 0 bridgehead atoms. The summed E-state index contributed by atoms with van der Waals surface area (Å²) < 4.78 is 0. The van der Waals surface area contributed by atoms with Crippen molar-refractivity contribution in [1.29, 1.82) is 0 Å². The van der Waals surface area contributed by atoms with Crippen molar-refractivity contribution in [2.24, 2.45) is 0 Å². The highest BCUT2D eigenvalue weighted by Gasteiger charge is 2.30. The number of thioether (sulfide) groups is 1. The van der Waals surface area contributed by atoms with Crippen molar-refractivity contribution in [2.75, 3.05) is 5.75 Å². The standard InChI is InChI=1S/C12H15NO3S/c1-6-3-8(4-7(2)10(6)14)11-13-9(5-17-11)12(15)16/h3-4,9,11,13-14H,5H2,1-2H3,(H,15,16). The van der Waals surface area contributed by atoms with Crippen LogP contribution in [0.1, 0.15) is 22.1 Å². The van der Waals surface area contributed by atoms with Gasteiger partial charge in [-0.15, -0.1) is 11.8 Å². The molecule has 4 nitrogen and oxygen atoms in total. The molecule has 1 aliphatic heterocycles. The summed E-state index contributed by atoms with van der Waals surface area (Å²) in [4.78, 5) is 10.9. The number of carboxylic acid groups (broad SMARTS) is 1. The van der Waals surface area contributed by atoms with Gasteiger partial charge in [-0.25, -0.2) is 0 Å². The molecule has 5 heteroatoms. The first-order chi connectivity index (χ1) is 7.99. The monoisotopic (exact) mass is 253 g/mol. The smallest absolute Gasteiger partial charge is 0.321 e. The van der Waals surface area contributed by atoms with Gasteiger partial charge < -0.3 is 10.2 Å². The minimum Gasteiger partial charge on any atom is -0.507 e. The molecule has 0 spiro atoms. The molecule has 0 saturated carbocycles. The van der Waals surface area contributed by atoms with Crippen molar-refractivity contribution >= 4 is 17.7 Å². The summed E-state index contributed by atoms with van der Waals surface area (Å²) in [6.07, 6.45) is 0. The molecule has 0 radical (unpaired) electrons. The summed E-state index contributed by atoms with van der Waals surface area (Å²) in [6.45, 7) is 3.69. The maximum absolute atomic E-state index is 10.9. The number of carbonyl (C=O) groups is 1. The molecule has 0 amide bonds. The van der Waals surface area contributed by atoms with Gasteiger partial charge in [0, 0.05) is 5.75 Å². The van der Waals surface area contributed by atoms with Crippen LogP contribution in [-0.2, 0) is 4.79 Å². The molecule has 1 aromatic carbocycles. The summed E-state index contributed by atoms with van der Waals surface area (Å²) in [6, 6.07) is 3.31. The summed E-state index contributed by atoms with van der Waals surface area (Å²) in [5.41, 5.74) is 2.66. The normalized spacial score (nSPS) is 23.9. The van der Waals surface area contributed by atoms with E-state index in [9.17, 15) is 9.90 Å². The summed E-state index contributed by atoms with van der Waals surface area (Å²) >= 11 is 1.58. The maximum Gasteiger partial charge on any atom is 0.321 e. The van der Waals surface area contributed by atoms with Crippen molar-refractivity contribution < 1.29 is 15.0 Å². The first kappa shape index (κ1) is 12.3. The first-order valence-electron chi connectivity index (χ1n) is 5.39. The van der Waals surface area contributed by atoms with Gasteiger partial charge in [-0.05, 0) is 42.7 Å². The van der Waals surface area contributed by atoms with E-state index in [0.29, 0.717) is 11.5 Å². The van der Waals surface area contributed by atoms with Crippen LogP contribution in [0.2, 0.25) is 0 Å². The largest absolute Gasteiger partial charge is 0.507 e. The average molecular weight is 253 g/mol. The van der Waals surface area contributed by atoms with Crippen LogP contribution in [0.15, 0.2) is 12.1 Å². The van der Waals surface area contributed by atoms with E-state index in [4.69, 9.17) is 5.11 Å². The molecule has 17 heavy (non-hydrogen) atoms. The van der Waals surface area contributed by atoms with E-state index in [0.717, 1.165) is 16.7 Å². The molecule has 0 aliphatic carbocycles. The van der Waals surface area contributed by atoms with E-state index in [1.165, 1.54) is 0 Å². The Balaban J connectivity index is 2.22. The highest BCUT2D eigenvalue weighted by Crippen LogP contribution is 2.35. The second-order valence-electron chi connectivity index (χ2n) is 4.27. The van der Waals surface area contributed by atoms with E-state index in [2.05, 4.69) is 5.32 Å². The zero-order valence-electron chi connectivity index (χ0n) is 9.73. The van der Waals surface area contributed by atoms with E-state index in [-0.39, 0.29) is 5.37 Å². The van der Waals surface area contributed by atoms with Gasteiger partial charge in [-0.2, -0.15) is 0 Å². The Morgan fingerprint density at radius 2 is 2.00 bits per heavy atom. The SMILES string of the molecule is Cc1cc(C2NC(C(=O)O)CS2)cc(C)c1O. The van der Waals surface area contributed by atoms with Crippen LogP contribution in [0.5, 0.6) is 5.75 Å². The highest BCUT2D eigenvalue weighted by molar-refractivity contribution is 7.99. The fourth-order valence-corrected chi connectivity index (χ4v) is 3.16. The number of rotatable bonds is 2. The van der Waals surface area contributed by atoms with Crippen LogP contribution in [0.25, 0.3) is 0 Å². The number of aliphatic carboxylic acids is 1. The number of hydrogen-bond acceptors (Lipinski definition) is 4. The van der Waals surface area contributed by atoms with Gasteiger partial charge in [0.2, 0.25) is 0 Å². The number of carboxylic acids is 1. The van der Waals surface area contributed by atoms with Crippen molar-refractivity contribution in [3.8, 4) is 5.75 Å². The minimum absolute atomic E-state index is 0.00546. The highest BCUT2D eigenvalue weighted by atomic mass is 32.2. The van der Waals surface area contributed by atoms with Gasteiger partial charge in [-0.1, -0.05) is 0 Å². The zero-order chi connectivity index (χ0) is 12.6. The predicted octanol–water partition coefficient (Wildman–Crippen LogP) is 1.80. The summed E-state index contributed by atoms with van der Waals surface area (Å²) in [5.74, 6) is 0.0673. The van der Waals surface area contributed by atoms with E-state index < -0.39 is 12.0 Å². The Kier molecular flexibility index (Phi) is 3.31. The maximum atomic E-state index is 10.9. The quantitative estimate of drug-likeness (QED) is 0.749. The molecule has 2 rings (SSSR count). The molecule has 1 aliphatic rings. The first-order valence-corrected chi connectivity index (χ1v) is 6.44. The Labute approximate surface area is 104 Å². The summed E-state index contributed by atoms with van der Waals surface area (Å²) in [5, 5.41) is 21.7. The fourth-order valence-electron chi connectivity index (χ4n) is 1.95. The topological polar surface area (TPSA) is 69.6 Å². The molecular weight excluding hydrogens is 238 g/mol. The second-order valence-corrected chi connectivity index (χ2v) is 5.41. The number of phenolic OH excluding ortho intramolecular Hbond substituents is 1. The van der Waals surface area contributed by atoms with Crippen molar-refractivity contribution in [2.45, 2.75) is 25.3 Å². The molecular formula is C12H15NO3S. The van der Waals surface area contributed by atoms with Crippen molar-refractivity contribution in [1.82, 2.24) is 5.32 Å². The van der Waals surface area contributed by atoms with Gasteiger partial charge in [0.25, 0.3) is 0 Å². The van der Waals surface area contributed by atoms with Gasteiger partial charge in [0.15, 0.2) is 0 Å². The van der Waals surface area contributed by atoms with Crippen LogP contribution in [0.3, 0.4) is 0 Å². The number of nitrogens with one attached hydrogen (secondary N) is 1. The van der Waals surface area contributed by atoms with Crippen LogP contribution in [0.4, 0.5) is 0 Å². The minimum atomic E-state index is -0.813. The molecule has 1 saturated heterocycles. The second kappa shape index (κ2) is 4.58. The van der Waals surface area contributed by atoms with Crippen molar-refractivity contribution in [3.63, 3.8) is 0 Å². The molecule has 1 fully saturated rings. The van der Waals surface area contributed by atoms with Crippen molar-refractivity contribution in [3.05, 3.63) is 28.8 Å². The van der Waals surface area contributed by atoms with E-state index in [1.807, 2.05) is 26.0 Å². The molecule has 2 atom stereocenters. The molecule has 1 aromatic rings. The third-order valence-electron chi connectivity index (χ3n) is 2.90. The lowest BCUT2D eigenvalue weighted by Crippen LogP contribution is -2.33. The van der Waals surface area contributed by atoms with Gasteiger partial charge in [-0.3, -0.25) is 10.1 Å². The average Bonchev–Trinajstić information content (AvgIpc) is 2.74. The number of aromatic hydroxyl groups is 1. The van der Waals surface area contributed by atoms with E-state index >= 15 is 0 Å². The third-order valence-corrected chi connectivity index (χ3v) is 4.16. The number of hydrogen-bond donors (Lipinski definition) is 3. The molecule has 92 valence electrons. The summed E-state index contributed by atoms with van der Waals surface area (Å²) in [7, 11) is 0. The van der Waals surface area contributed by atoms with Crippen LogP contribution in [-0.4, -0.2) is 28.0 Å². The zero-order valence-corrected chi connectivity index (χ0v) is 10.5. The number of benzene rings is 1. The number of phenols is 1. The van der Waals surface area contributed by atoms with Gasteiger partial charge in [0.05, 0.1) is 5.37 Å². The number of aryl methyl sites for hydroxylation is 2. The fraction of sp³-hybridized carbons (Fsp3) is 0.417. The lowest BCUT2D eigenvalue weighted by Gasteiger charge is -2.14. The van der Waals surface area contributed by atoms with Crippen LogP contribution >= 0.6 is 11.8 Å². The Hall–Kier alpha value is -1.20. The molecule has 3 N–H and O–H groups in total. The molecule has 1 heterocycles. The van der Waals surface area contributed by atoms with Gasteiger partial charge in [0.1, 0.15) is 11.8 Å². The Bertz CT molecular complexity index is 438. The van der Waals surface area contributed by atoms with Crippen LogP contribution in [0, 0.1) is 13.8 Å². The van der Waals surface area contributed by atoms with Gasteiger partial charge >= 0.3 is 5.97 Å². The lowest BCUT2D eigenvalue weighted by atomic mass is 10.1. The Morgan fingerprint density at radius 3 is 2.47 bits per heavy atom. The Morgan fingerprint density at radius 1 is 1.41 bits per heavy atom. The third kappa shape index (κ3) is 2.40.